The Hall–Kier alpha value is -3.89. The third-order valence-electron chi connectivity index (χ3n) is 6.91. The van der Waals surface area contributed by atoms with E-state index in [1.807, 2.05) is 61.6 Å². The minimum absolute atomic E-state index is 0.125. The molecule has 4 aromatic heterocycles. The molecule has 1 saturated heterocycles. The summed E-state index contributed by atoms with van der Waals surface area (Å²) < 4.78 is 2.94. The Morgan fingerprint density at radius 1 is 1.03 bits per heavy atom. The number of piperazine rings is 1. The zero-order valence-electron chi connectivity index (χ0n) is 22.8. The highest BCUT2D eigenvalue weighted by molar-refractivity contribution is 7.24. The first-order valence-corrected chi connectivity index (χ1v) is 14.2. The summed E-state index contributed by atoms with van der Waals surface area (Å²) in [4.78, 5) is 45.9. The van der Waals surface area contributed by atoms with Crippen LogP contribution in [0.15, 0.2) is 53.6 Å². The molecule has 202 valence electrons. The van der Waals surface area contributed by atoms with Gasteiger partial charge in [-0.1, -0.05) is 32.9 Å². The van der Waals surface area contributed by atoms with Gasteiger partial charge in [0, 0.05) is 32.4 Å². The Bertz CT molecular complexity index is 1690. The predicted molar refractivity (Wildman–Crippen MR) is 158 cm³/mol. The molecule has 1 N–H and O–H groups in total. The first kappa shape index (κ1) is 26.7. The Morgan fingerprint density at radius 2 is 1.79 bits per heavy atom. The molecule has 5 aromatic rings. The summed E-state index contributed by atoms with van der Waals surface area (Å²) in [7, 11) is 0. The van der Waals surface area contributed by atoms with E-state index in [0.717, 1.165) is 54.5 Å². The predicted octanol–water partition coefficient (Wildman–Crippen LogP) is 4.26. The maximum atomic E-state index is 13.7. The van der Waals surface area contributed by atoms with Crippen LogP contribution in [0.2, 0.25) is 0 Å². The average molecular weight is 544 g/mol. The van der Waals surface area contributed by atoms with Crippen molar-refractivity contribution in [3.63, 3.8) is 0 Å². The molecular formula is C29H33N7O2S. The molecule has 0 radical (unpaired) electrons. The van der Waals surface area contributed by atoms with E-state index in [-0.39, 0.29) is 17.5 Å². The fraction of sp³-hybridized carbons (Fsp3) is 0.345. The number of carbonyl (C=O) groups is 1. The largest absolute Gasteiger partial charge is 0.354 e. The van der Waals surface area contributed by atoms with E-state index in [1.165, 1.54) is 11.3 Å². The quantitative estimate of drug-likeness (QED) is 0.354. The average Bonchev–Trinajstić information content (AvgIpc) is 3.37. The van der Waals surface area contributed by atoms with Gasteiger partial charge in [0.2, 0.25) is 5.43 Å². The number of thiazole rings is 1. The maximum absolute atomic E-state index is 13.7. The van der Waals surface area contributed by atoms with E-state index in [1.54, 1.807) is 12.4 Å². The van der Waals surface area contributed by atoms with Gasteiger partial charge in [-0.3, -0.25) is 24.0 Å². The number of amides is 1. The lowest BCUT2D eigenvalue weighted by Gasteiger charge is -2.34. The number of aryl methyl sites for hydroxylation is 1. The minimum Gasteiger partial charge on any atom is -0.354 e. The molecule has 1 aliphatic rings. The molecule has 9 nitrogen and oxygen atoms in total. The molecule has 39 heavy (non-hydrogen) atoms. The van der Waals surface area contributed by atoms with Crippen LogP contribution in [0.4, 0.5) is 5.82 Å². The van der Waals surface area contributed by atoms with Crippen LogP contribution in [0.3, 0.4) is 0 Å². The van der Waals surface area contributed by atoms with Gasteiger partial charge in [0.15, 0.2) is 5.65 Å². The summed E-state index contributed by atoms with van der Waals surface area (Å²) in [6, 6.07) is 11.6. The summed E-state index contributed by atoms with van der Waals surface area (Å²) in [6.07, 6.45) is 3.28. The fourth-order valence-electron chi connectivity index (χ4n) is 4.82. The van der Waals surface area contributed by atoms with Crippen LogP contribution in [0, 0.1) is 6.92 Å². The molecular weight excluding hydrogens is 510 g/mol. The molecule has 5 heterocycles. The van der Waals surface area contributed by atoms with Crippen LogP contribution >= 0.6 is 11.3 Å². The second kappa shape index (κ2) is 11.5. The van der Waals surface area contributed by atoms with Gasteiger partial charge < -0.3 is 15.1 Å². The van der Waals surface area contributed by atoms with E-state index in [9.17, 15) is 9.59 Å². The molecule has 1 fully saturated rings. The van der Waals surface area contributed by atoms with E-state index in [0.29, 0.717) is 21.6 Å². The monoisotopic (exact) mass is 543 g/mol. The van der Waals surface area contributed by atoms with Gasteiger partial charge in [0.05, 0.1) is 39.7 Å². The lowest BCUT2D eigenvalue weighted by Crippen LogP contribution is -2.46. The zero-order valence-corrected chi connectivity index (χ0v) is 23.6. The number of hydrogen-bond acceptors (Lipinski definition) is 8. The lowest BCUT2D eigenvalue weighted by atomic mass is 10.1. The zero-order chi connectivity index (χ0) is 27.5. The third kappa shape index (κ3) is 5.09. The molecule has 0 atom stereocenters. The summed E-state index contributed by atoms with van der Waals surface area (Å²) in [5.41, 5.74) is 2.74. The Kier molecular flexibility index (Phi) is 7.85. The SMILES string of the molecule is CC.CCN1CCN(c2ccc3c(=O)c(C(=O)NCc4cnc(C)cn4)c4sc5ccccc5n4c3n2)CC1. The molecule has 0 bridgehead atoms. The number of anilines is 1. The first-order valence-electron chi connectivity index (χ1n) is 13.4. The second-order valence-corrected chi connectivity index (χ2v) is 10.2. The number of carbonyl (C=O) groups excluding carboxylic acids is 1. The molecule has 1 amide bonds. The van der Waals surface area contributed by atoms with Gasteiger partial charge in [0.1, 0.15) is 16.2 Å². The van der Waals surface area contributed by atoms with Crippen molar-refractivity contribution < 1.29 is 4.79 Å². The summed E-state index contributed by atoms with van der Waals surface area (Å²) in [5.74, 6) is 0.417. The minimum atomic E-state index is -0.432. The highest BCUT2D eigenvalue weighted by Crippen LogP contribution is 2.31. The van der Waals surface area contributed by atoms with Crippen molar-refractivity contribution in [2.45, 2.75) is 34.2 Å². The molecule has 0 spiro atoms. The van der Waals surface area contributed by atoms with Crippen LogP contribution in [0.25, 0.3) is 26.1 Å². The number of rotatable bonds is 5. The number of likely N-dealkylation sites (N-methyl/N-ethyl adjacent to an activating group) is 1. The van der Waals surface area contributed by atoms with Gasteiger partial charge in [-0.2, -0.15) is 0 Å². The van der Waals surface area contributed by atoms with Gasteiger partial charge in [0.25, 0.3) is 5.91 Å². The summed E-state index contributed by atoms with van der Waals surface area (Å²) in [5, 5.41) is 3.30. The van der Waals surface area contributed by atoms with Crippen LogP contribution < -0.4 is 15.6 Å². The van der Waals surface area contributed by atoms with Gasteiger partial charge in [-0.15, -0.1) is 11.3 Å². The molecule has 0 aliphatic carbocycles. The van der Waals surface area contributed by atoms with E-state index >= 15 is 0 Å². The van der Waals surface area contributed by atoms with Crippen molar-refractivity contribution in [1.82, 2.24) is 29.6 Å². The molecule has 0 saturated carbocycles. The van der Waals surface area contributed by atoms with Crippen molar-refractivity contribution >= 4 is 49.1 Å². The van der Waals surface area contributed by atoms with Crippen LogP contribution in [0.1, 0.15) is 42.5 Å². The first-order chi connectivity index (χ1) is 19.0. The maximum Gasteiger partial charge on any atom is 0.258 e. The number of nitrogens with zero attached hydrogens (tertiary/aromatic N) is 6. The summed E-state index contributed by atoms with van der Waals surface area (Å²) in [6.45, 7) is 13.0. The fourth-order valence-corrected chi connectivity index (χ4v) is 6.00. The van der Waals surface area contributed by atoms with E-state index in [4.69, 9.17) is 4.98 Å². The Balaban J connectivity index is 0.00000151. The topological polar surface area (TPSA) is 95.7 Å². The third-order valence-corrected chi connectivity index (χ3v) is 8.05. The number of fused-ring (bicyclic) bond motifs is 5. The highest BCUT2D eigenvalue weighted by Gasteiger charge is 2.24. The molecule has 10 heteroatoms. The normalized spacial score (nSPS) is 14.0. The van der Waals surface area contributed by atoms with E-state index < -0.39 is 5.91 Å². The van der Waals surface area contributed by atoms with Crippen LogP contribution in [-0.2, 0) is 6.54 Å². The molecule has 6 rings (SSSR count). The van der Waals surface area contributed by atoms with Crippen molar-refractivity contribution in [2.75, 3.05) is 37.6 Å². The second-order valence-electron chi connectivity index (χ2n) is 9.21. The number of hydrogen-bond donors (Lipinski definition) is 1. The molecule has 1 aliphatic heterocycles. The number of aromatic nitrogens is 4. The number of para-hydroxylation sites is 1. The Morgan fingerprint density at radius 3 is 2.51 bits per heavy atom. The van der Waals surface area contributed by atoms with Crippen molar-refractivity contribution in [3.05, 3.63) is 76.0 Å². The van der Waals surface area contributed by atoms with Gasteiger partial charge in [-0.05, 0) is 37.7 Å². The standard InChI is InChI=1S/C27H27N7O2S.C2H6/c1-3-32-10-12-33(13-11-32)22-9-8-19-24(35)23(26(36)30-16-18-15-28-17(2)14-29-18)27-34(25(19)31-22)20-6-4-5-7-21(20)37-27;1-2/h4-9,14-15H,3,10-13,16H2,1-2H3,(H,30,36);1-2H3. The summed E-state index contributed by atoms with van der Waals surface area (Å²) >= 11 is 1.43. The van der Waals surface area contributed by atoms with Crippen molar-refractivity contribution in [3.8, 4) is 0 Å². The van der Waals surface area contributed by atoms with Crippen LogP contribution in [-0.4, -0.2) is 62.9 Å². The van der Waals surface area contributed by atoms with Gasteiger partial charge >= 0.3 is 0 Å². The molecule has 0 unspecified atom stereocenters. The van der Waals surface area contributed by atoms with E-state index in [2.05, 4.69) is 32.0 Å². The lowest BCUT2D eigenvalue weighted by molar-refractivity contribution is 0.0951. The van der Waals surface area contributed by atoms with Gasteiger partial charge in [-0.25, -0.2) is 4.98 Å². The highest BCUT2D eigenvalue weighted by atomic mass is 32.1. The van der Waals surface area contributed by atoms with Crippen LogP contribution in [0.5, 0.6) is 0 Å². The number of pyridine rings is 2. The smallest absolute Gasteiger partial charge is 0.258 e. The van der Waals surface area contributed by atoms with Crippen molar-refractivity contribution in [2.24, 2.45) is 0 Å². The Labute approximate surface area is 231 Å². The van der Waals surface area contributed by atoms with Crippen molar-refractivity contribution in [1.29, 1.82) is 0 Å². The number of nitrogens with one attached hydrogen (secondary N) is 1. The molecule has 1 aromatic carbocycles. The number of benzene rings is 1.